The number of nitrogens with zero attached hydrogens (tertiary/aromatic N) is 3. The first-order chi connectivity index (χ1) is 9.74. The zero-order valence-corrected chi connectivity index (χ0v) is 11.1. The minimum atomic E-state index is -0.191. The molecule has 5 nitrogen and oxygen atoms in total. The molecule has 0 fully saturated rings. The second-order valence-electron chi connectivity index (χ2n) is 4.33. The molecule has 2 heterocycles. The number of nitrogens with one attached hydrogen (secondary N) is 1. The standard InChI is InChI=1S/C15H14N4O/c1-11(16-2)18-12-7-3-4-8-13(12)19(15(18)20)14-9-5-6-10-17-14/h3-10,16H,1H2,2H3. The van der Waals surface area contributed by atoms with Crippen LogP contribution in [0.4, 0.5) is 0 Å². The van der Waals surface area contributed by atoms with Gasteiger partial charge in [-0.2, -0.15) is 0 Å². The number of hydrogen-bond acceptors (Lipinski definition) is 3. The van der Waals surface area contributed by atoms with Gasteiger partial charge in [-0.1, -0.05) is 24.8 Å². The van der Waals surface area contributed by atoms with Crippen LogP contribution in [0.5, 0.6) is 0 Å². The topological polar surface area (TPSA) is 51.9 Å². The van der Waals surface area contributed by atoms with Crippen molar-refractivity contribution in [1.29, 1.82) is 0 Å². The Morgan fingerprint density at radius 2 is 1.85 bits per heavy atom. The monoisotopic (exact) mass is 266 g/mol. The Kier molecular flexibility index (Phi) is 2.87. The number of imidazole rings is 1. The first-order valence-corrected chi connectivity index (χ1v) is 6.25. The molecule has 0 saturated carbocycles. The van der Waals surface area contributed by atoms with E-state index in [2.05, 4.69) is 16.9 Å². The lowest BCUT2D eigenvalue weighted by Crippen LogP contribution is -2.26. The van der Waals surface area contributed by atoms with Crippen LogP contribution >= 0.6 is 0 Å². The van der Waals surface area contributed by atoms with Crippen molar-refractivity contribution in [3.05, 3.63) is 65.7 Å². The summed E-state index contributed by atoms with van der Waals surface area (Å²) in [7, 11) is 1.74. The van der Waals surface area contributed by atoms with Crippen molar-refractivity contribution in [2.24, 2.45) is 0 Å². The van der Waals surface area contributed by atoms with Gasteiger partial charge in [-0.25, -0.2) is 18.9 Å². The predicted molar refractivity (Wildman–Crippen MR) is 79.7 cm³/mol. The molecule has 2 aromatic heterocycles. The molecule has 1 N–H and O–H groups in total. The molecule has 0 atom stereocenters. The lowest BCUT2D eigenvalue weighted by atomic mass is 10.3. The molecular formula is C15H14N4O. The molecule has 5 heteroatoms. The summed E-state index contributed by atoms with van der Waals surface area (Å²) < 4.78 is 3.13. The quantitative estimate of drug-likeness (QED) is 0.787. The zero-order chi connectivity index (χ0) is 14.1. The van der Waals surface area contributed by atoms with Crippen molar-refractivity contribution in [3.63, 3.8) is 0 Å². The van der Waals surface area contributed by atoms with Gasteiger partial charge in [0.05, 0.1) is 11.0 Å². The highest BCUT2D eigenvalue weighted by molar-refractivity contribution is 5.80. The van der Waals surface area contributed by atoms with Crippen molar-refractivity contribution < 1.29 is 0 Å². The van der Waals surface area contributed by atoms with Crippen LogP contribution in [0.15, 0.2) is 60.0 Å². The summed E-state index contributed by atoms with van der Waals surface area (Å²) in [5.74, 6) is 1.12. The first kappa shape index (κ1) is 12.2. The van der Waals surface area contributed by atoms with Gasteiger partial charge in [0.15, 0.2) is 0 Å². The summed E-state index contributed by atoms with van der Waals surface area (Å²) in [6, 6.07) is 13.1. The Morgan fingerprint density at radius 3 is 2.50 bits per heavy atom. The molecule has 0 saturated heterocycles. The highest BCUT2D eigenvalue weighted by atomic mass is 16.2. The molecule has 0 bridgehead atoms. The maximum Gasteiger partial charge on any atom is 0.340 e. The van der Waals surface area contributed by atoms with E-state index in [4.69, 9.17) is 0 Å². The normalized spacial score (nSPS) is 10.7. The van der Waals surface area contributed by atoms with Crippen LogP contribution in [-0.4, -0.2) is 21.2 Å². The Hall–Kier alpha value is -2.82. The lowest BCUT2D eigenvalue weighted by molar-refractivity contribution is 0.878. The van der Waals surface area contributed by atoms with Gasteiger partial charge >= 0.3 is 5.69 Å². The van der Waals surface area contributed by atoms with E-state index < -0.39 is 0 Å². The van der Waals surface area contributed by atoms with Gasteiger partial charge < -0.3 is 5.32 Å². The molecule has 3 aromatic rings. The van der Waals surface area contributed by atoms with Crippen LogP contribution in [0, 0.1) is 0 Å². The summed E-state index contributed by atoms with van der Waals surface area (Å²) in [6.45, 7) is 3.88. The number of benzene rings is 1. The average Bonchev–Trinajstić information content (AvgIpc) is 2.79. The van der Waals surface area contributed by atoms with Gasteiger partial charge in [0.1, 0.15) is 11.6 Å². The van der Waals surface area contributed by atoms with E-state index in [1.165, 1.54) is 0 Å². The molecule has 0 radical (unpaired) electrons. The van der Waals surface area contributed by atoms with E-state index in [1.54, 1.807) is 28.4 Å². The van der Waals surface area contributed by atoms with Gasteiger partial charge in [0, 0.05) is 13.2 Å². The number of hydrogen-bond donors (Lipinski definition) is 1. The van der Waals surface area contributed by atoms with E-state index >= 15 is 0 Å². The van der Waals surface area contributed by atoms with Crippen molar-refractivity contribution in [3.8, 4) is 5.82 Å². The third kappa shape index (κ3) is 1.72. The molecule has 0 amide bonds. The maximum absolute atomic E-state index is 12.7. The second-order valence-corrected chi connectivity index (χ2v) is 4.33. The minimum Gasteiger partial charge on any atom is -0.375 e. The summed E-state index contributed by atoms with van der Waals surface area (Å²) in [6.07, 6.45) is 1.67. The van der Waals surface area contributed by atoms with Crippen LogP contribution in [0.1, 0.15) is 0 Å². The van der Waals surface area contributed by atoms with Crippen molar-refractivity contribution in [1.82, 2.24) is 19.4 Å². The number of rotatable bonds is 3. The van der Waals surface area contributed by atoms with Crippen molar-refractivity contribution >= 4 is 16.9 Å². The number of aromatic nitrogens is 3. The Balaban J connectivity index is 2.42. The molecule has 0 spiro atoms. The van der Waals surface area contributed by atoms with Crippen LogP contribution < -0.4 is 11.0 Å². The number of para-hydroxylation sites is 2. The summed E-state index contributed by atoms with van der Waals surface area (Å²) >= 11 is 0. The zero-order valence-electron chi connectivity index (χ0n) is 11.1. The fraction of sp³-hybridized carbons (Fsp3) is 0.0667. The van der Waals surface area contributed by atoms with Gasteiger partial charge in [0.2, 0.25) is 0 Å². The molecule has 0 aliphatic heterocycles. The van der Waals surface area contributed by atoms with Crippen LogP contribution in [0.25, 0.3) is 22.7 Å². The Morgan fingerprint density at radius 1 is 1.15 bits per heavy atom. The Labute approximate surface area is 115 Å². The highest BCUT2D eigenvalue weighted by Crippen LogP contribution is 2.17. The Bertz CT molecular complexity index is 830. The highest BCUT2D eigenvalue weighted by Gasteiger charge is 2.15. The van der Waals surface area contributed by atoms with Crippen molar-refractivity contribution in [2.45, 2.75) is 0 Å². The molecule has 0 aliphatic rings. The molecule has 100 valence electrons. The minimum absolute atomic E-state index is 0.191. The molecular weight excluding hydrogens is 252 g/mol. The smallest absolute Gasteiger partial charge is 0.340 e. The fourth-order valence-corrected chi connectivity index (χ4v) is 2.23. The van der Waals surface area contributed by atoms with E-state index in [9.17, 15) is 4.79 Å². The second kappa shape index (κ2) is 4.70. The summed E-state index contributed by atoms with van der Waals surface area (Å²) in [5.41, 5.74) is 1.40. The van der Waals surface area contributed by atoms with Gasteiger partial charge in [-0.15, -0.1) is 0 Å². The van der Waals surface area contributed by atoms with E-state index in [-0.39, 0.29) is 5.69 Å². The van der Waals surface area contributed by atoms with E-state index in [0.29, 0.717) is 11.6 Å². The van der Waals surface area contributed by atoms with Gasteiger partial charge in [-0.3, -0.25) is 0 Å². The molecule has 0 aliphatic carbocycles. The molecule has 20 heavy (non-hydrogen) atoms. The molecule has 0 unspecified atom stereocenters. The maximum atomic E-state index is 12.7. The fourth-order valence-electron chi connectivity index (χ4n) is 2.23. The average molecular weight is 266 g/mol. The van der Waals surface area contributed by atoms with E-state index in [1.807, 2.05) is 36.4 Å². The molecule has 3 rings (SSSR count). The summed E-state index contributed by atoms with van der Waals surface area (Å²) in [5, 5.41) is 2.91. The SMILES string of the molecule is C=C(NC)n1c(=O)n(-c2ccccn2)c2ccccc21. The number of fused-ring (bicyclic) bond motifs is 1. The third-order valence-electron chi connectivity index (χ3n) is 3.18. The summed E-state index contributed by atoms with van der Waals surface area (Å²) in [4.78, 5) is 16.9. The van der Waals surface area contributed by atoms with Gasteiger partial charge in [-0.05, 0) is 24.3 Å². The number of pyridine rings is 1. The van der Waals surface area contributed by atoms with Crippen LogP contribution in [0.2, 0.25) is 0 Å². The van der Waals surface area contributed by atoms with Crippen LogP contribution in [-0.2, 0) is 0 Å². The predicted octanol–water partition coefficient (Wildman–Crippen LogP) is 1.83. The van der Waals surface area contributed by atoms with Crippen molar-refractivity contribution in [2.75, 3.05) is 7.05 Å². The molecule has 1 aromatic carbocycles. The van der Waals surface area contributed by atoms with E-state index in [0.717, 1.165) is 11.0 Å². The third-order valence-corrected chi connectivity index (χ3v) is 3.18. The largest absolute Gasteiger partial charge is 0.375 e. The van der Waals surface area contributed by atoms with Crippen LogP contribution in [0.3, 0.4) is 0 Å². The lowest BCUT2D eigenvalue weighted by Gasteiger charge is -2.05. The van der Waals surface area contributed by atoms with Gasteiger partial charge in [0.25, 0.3) is 0 Å². The first-order valence-electron chi connectivity index (χ1n) is 6.25.